The second kappa shape index (κ2) is 5.07. The quantitative estimate of drug-likeness (QED) is 0.594. The third-order valence-electron chi connectivity index (χ3n) is 2.01. The van der Waals surface area contributed by atoms with Crippen LogP contribution in [0.4, 0.5) is 11.4 Å². The van der Waals surface area contributed by atoms with Crippen LogP contribution in [-0.4, -0.2) is 27.2 Å². The summed E-state index contributed by atoms with van der Waals surface area (Å²) >= 11 is 6.01. The lowest BCUT2D eigenvalue weighted by Gasteiger charge is -2.16. The SMILES string of the molecule is [B]c1ccc(NC(C)C=O)c(NC)c1Cl. The normalized spacial score (nSPS) is 11.9. The van der Waals surface area contributed by atoms with Gasteiger partial charge in [-0.2, -0.15) is 0 Å². The van der Waals surface area contributed by atoms with E-state index in [0.717, 1.165) is 12.0 Å². The molecule has 5 heteroatoms. The first-order chi connectivity index (χ1) is 7.10. The highest BCUT2D eigenvalue weighted by Crippen LogP contribution is 2.28. The highest BCUT2D eigenvalue weighted by molar-refractivity contribution is 6.47. The van der Waals surface area contributed by atoms with E-state index < -0.39 is 0 Å². The maximum Gasteiger partial charge on any atom is 0.141 e. The Balaban J connectivity index is 3.07. The fraction of sp³-hybridized carbons (Fsp3) is 0.300. The van der Waals surface area contributed by atoms with Crippen molar-refractivity contribution in [3.05, 3.63) is 17.2 Å². The van der Waals surface area contributed by atoms with E-state index in [1.165, 1.54) is 0 Å². The summed E-state index contributed by atoms with van der Waals surface area (Å²) in [4.78, 5) is 10.5. The van der Waals surface area contributed by atoms with E-state index >= 15 is 0 Å². The lowest BCUT2D eigenvalue weighted by Crippen LogP contribution is -2.18. The number of carbonyl (C=O) groups is 1. The topological polar surface area (TPSA) is 41.1 Å². The fourth-order valence-electron chi connectivity index (χ4n) is 1.24. The Hall–Kier alpha value is -1.16. The molecule has 0 heterocycles. The summed E-state index contributed by atoms with van der Waals surface area (Å²) in [7, 11) is 7.41. The molecule has 15 heavy (non-hydrogen) atoms. The Labute approximate surface area is 95.6 Å². The van der Waals surface area contributed by atoms with Crippen LogP contribution in [-0.2, 0) is 4.79 Å². The summed E-state index contributed by atoms with van der Waals surface area (Å²) in [6.45, 7) is 1.76. The standard InChI is InChI=1S/C10H12BClN2O/c1-6(5-15)14-8-4-3-7(11)9(12)10(8)13-2/h3-6,13-14H,1-2H3. The Kier molecular flexibility index (Phi) is 4.03. The van der Waals surface area contributed by atoms with Crippen molar-refractivity contribution in [2.24, 2.45) is 0 Å². The molecule has 0 aliphatic heterocycles. The molecule has 1 aromatic carbocycles. The molecule has 2 radical (unpaired) electrons. The first kappa shape index (κ1) is 11.9. The molecule has 0 bridgehead atoms. The molecule has 0 spiro atoms. The van der Waals surface area contributed by atoms with Gasteiger partial charge < -0.3 is 15.4 Å². The number of halogens is 1. The third kappa shape index (κ3) is 2.66. The van der Waals surface area contributed by atoms with Gasteiger partial charge in [0.15, 0.2) is 0 Å². The second-order valence-corrected chi connectivity index (χ2v) is 3.59. The van der Waals surface area contributed by atoms with Gasteiger partial charge in [0.2, 0.25) is 0 Å². The summed E-state index contributed by atoms with van der Waals surface area (Å²) in [6.07, 6.45) is 0.823. The molecule has 0 aromatic heterocycles. The molecular formula is C10H12BClN2O. The van der Waals surface area contributed by atoms with Crippen LogP contribution < -0.4 is 16.1 Å². The minimum Gasteiger partial charge on any atom is -0.385 e. The van der Waals surface area contributed by atoms with Crippen LogP contribution in [0.3, 0.4) is 0 Å². The maximum atomic E-state index is 10.5. The molecule has 1 rings (SSSR count). The molecule has 0 aliphatic rings. The van der Waals surface area contributed by atoms with Gasteiger partial charge in [-0.3, -0.25) is 0 Å². The van der Waals surface area contributed by atoms with Gasteiger partial charge >= 0.3 is 0 Å². The Morgan fingerprint density at radius 1 is 1.53 bits per heavy atom. The van der Waals surface area contributed by atoms with Crippen molar-refractivity contribution < 1.29 is 4.79 Å². The average molecular weight is 222 g/mol. The van der Waals surface area contributed by atoms with Crippen LogP contribution in [0.5, 0.6) is 0 Å². The van der Waals surface area contributed by atoms with Gasteiger partial charge in [-0.15, -0.1) is 0 Å². The number of hydrogen-bond acceptors (Lipinski definition) is 3. The highest BCUT2D eigenvalue weighted by Gasteiger charge is 2.09. The monoisotopic (exact) mass is 222 g/mol. The Morgan fingerprint density at radius 2 is 2.20 bits per heavy atom. The van der Waals surface area contributed by atoms with E-state index in [1.54, 1.807) is 26.1 Å². The number of anilines is 2. The van der Waals surface area contributed by atoms with Crippen LogP contribution in [0.15, 0.2) is 12.1 Å². The predicted molar refractivity (Wildman–Crippen MR) is 65.5 cm³/mol. The smallest absolute Gasteiger partial charge is 0.141 e. The Morgan fingerprint density at radius 3 is 2.73 bits per heavy atom. The number of carbonyl (C=O) groups excluding carboxylic acids is 1. The number of benzene rings is 1. The van der Waals surface area contributed by atoms with E-state index in [9.17, 15) is 4.79 Å². The van der Waals surface area contributed by atoms with Gasteiger partial charge in [-0.1, -0.05) is 23.1 Å². The van der Waals surface area contributed by atoms with Gasteiger partial charge in [0.25, 0.3) is 0 Å². The zero-order chi connectivity index (χ0) is 11.4. The highest BCUT2D eigenvalue weighted by atomic mass is 35.5. The van der Waals surface area contributed by atoms with Crippen molar-refractivity contribution in [2.45, 2.75) is 13.0 Å². The Bertz CT molecular complexity index is 371. The number of nitrogens with one attached hydrogen (secondary N) is 2. The van der Waals surface area contributed by atoms with Crippen LogP contribution in [0.1, 0.15) is 6.92 Å². The van der Waals surface area contributed by atoms with Crippen LogP contribution in [0.25, 0.3) is 0 Å². The van der Waals surface area contributed by atoms with Gasteiger partial charge in [0, 0.05) is 7.05 Å². The minimum atomic E-state index is -0.267. The first-order valence-corrected chi connectivity index (χ1v) is 4.95. The lowest BCUT2D eigenvalue weighted by atomic mass is 9.95. The molecule has 0 aliphatic carbocycles. The van der Waals surface area contributed by atoms with E-state index in [1.807, 2.05) is 0 Å². The number of aldehydes is 1. The van der Waals surface area contributed by atoms with Crippen molar-refractivity contribution in [2.75, 3.05) is 17.7 Å². The van der Waals surface area contributed by atoms with E-state index in [-0.39, 0.29) is 6.04 Å². The molecule has 3 nitrogen and oxygen atoms in total. The molecule has 0 saturated carbocycles. The lowest BCUT2D eigenvalue weighted by molar-refractivity contribution is -0.108. The molecular weight excluding hydrogens is 210 g/mol. The van der Waals surface area contributed by atoms with Gasteiger partial charge in [0.1, 0.15) is 14.1 Å². The van der Waals surface area contributed by atoms with Crippen molar-refractivity contribution in [3.8, 4) is 0 Å². The molecule has 1 unspecified atom stereocenters. The number of rotatable bonds is 4. The largest absolute Gasteiger partial charge is 0.385 e. The van der Waals surface area contributed by atoms with Crippen LogP contribution in [0.2, 0.25) is 5.02 Å². The van der Waals surface area contributed by atoms with Crippen molar-refractivity contribution in [1.82, 2.24) is 0 Å². The molecule has 0 amide bonds. The number of hydrogen-bond donors (Lipinski definition) is 2. The fourth-order valence-corrected chi connectivity index (χ4v) is 1.50. The summed E-state index contributed by atoms with van der Waals surface area (Å²) in [5.74, 6) is 0. The third-order valence-corrected chi connectivity index (χ3v) is 2.42. The predicted octanol–water partition coefficient (Wildman–Crippen LogP) is 1.17. The van der Waals surface area contributed by atoms with Crippen molar-refractivity contribution in [1.29, 1.82) is 0 Å². The average Bonchev–Trinajstić information content (AvgIpc) is 2.24. The molecule has 1 aromatic rings. The van der Waals surface area contributed by atoms with Gasteiger partial charge in [0.05, 0.1) is 22.4 Å². The second-order valence-electron chi connectivity index (χ2n) is 3.21. The van der Waals surface area contributed by atoms with Crippen LogP contribution >= 0.6 is 11.6 Å². The zero-order valence-electron chi connectivity index (χ0n) is 8.67. The summed E-state index contributed by atoms with van der Waals surface area (Å²) in [5, 5.41) is 6.41. The first-order valence-electron chi connectivity index (χ1n) is 4.57. The summed E-state index contributed by atoms with van der Waals surface area (Å²) in [5.41, 5.74) is 1.96. The zero-order valence-corrected chi connectivity index (χ0v) is 9.43. The molecule has 2 N–H and O–H groups in total. The van der Waals surface area contributed by atoms with Gasteiger partial charge in [-0.25, -0.2) is 0 Å². The molecule has 0 fully saturated rings. The van der Waals surface area contributed by atoms with Crippen molar-refractivity contribution in [3.63, 3.8) is 0 Å². The molecule has 78 valence electrons. The van der Waals surface area contributed by atoms with Crippen LogP contribution in [0, 0.1) is 0 Å². The summed E-state index contributed by atoms with van der Waals surface area (Å²) < 4.78 is 0. The summed E-state index contributed by atoms with van der Waals surface area (Å²) in [6, 6.07) is 3.22. The molecule has 1 atom stereocenters. The van der Waals surface area contributed by atoms with Gasteiger partial charge in [-0.05, 0) is 13.0 Å². The van der Waals surface area contributed by atoms with E-state index in [4.69, 9.17) is 19.4 Å². The van der Waals surface area contributed by atoms with Crippen molar-refractivity contribution >= 4 is 42.6 Å². The molecule has 0 saturated heterocycles. The van der Waals surface area contributed by atoms with E-state index in [2.05, 4.69) is 10.6 Å². The maximum absolute atomic E-state index is 10.5. The minimum absolute atomic E-state index is 0.267. The van der Waals surface area contributed by atoms with E-state index in [0.29, 0.717) is 16.2 Å².